The quantitative estimate of drug-likeness (QED) is 0.355. The Kier molecular flexibility index (Phi) is 10.5. The first-order valence-corrected chi connectivity index (χ1v) is 7.09. The van der Waals surface area contributed by atoms with Crippen molar-refractivity contribution in [2.24, 2.45) is 0 Å². The summed E-state index contributed by atoms with van der Waals surface area (Å²) < 4.78 is -0.272. The molecule has 0 saturated heterocycles. The van der Waals surface area contributed by atoms with Crippen LogP contribution >= 0.6 is 44.8 Å². The van der Waals surface area contributed by atoms with Crippen molar-refractivity contribution < 1.29 is 0 Å². The maximum Gasteiger partial charge on any atom is 0.162 e. The van der Waals surface area contributed by atoms with Gasteiger partial charge in [-0.15, -0.1) is 0 Å². The zero-order valence-corrected chi connectivity index (χ0v) is 9.83. The van der Waals surface area contributed by atoms with Crippen molar-refractivity contribution in [1.82, 2.24) is 0 Å². The predicted octanol–water partition coefficient (Wildman–Crippen LogP) is 4.71. The minimum absolute atomic E-state index is 0.272. The van der Waals surface area contributed by atoms with Gasteiger partial charge in [-0.25, -0.2) is 0 Å². The summed E-state index contributed by atoms with van der Waals surface area (Å²) >= 11 is 11.1. The molecule has 0 fully saturated rings. The molecule has 0 atom stereocenters. The third-order valence-corrected chi connectivity index (χ3v) is 4.61. The standard InChI is InChI=1S/C7H14Cl2S2/c1-2-3-4-5-6-10-11-7(8)9/h7H,2-6H2,1H3. The maximum absolute atomic E-state index is 5.53. The monoisotopic (exact) mass is 232 g/mol. The molecule has 0 aromatic carbocycles. The highest BCUT2D eigenvalue weighted by Crippen LogP contribution is 2.32. The molecule has 0 bridgehead atoms. The Balaban J connectivity index is 2.80. The SMILES string of the molecule is CCCCCCSSC(Cl)Cl. The van der Waals surface area contributed by atoms with Gasteiger partial charge < -0.3 is 0 Å². The summed E-state index contributed by atoms with van der Waals surface area (Å²) in [5, 5.41) is 0. The first kappa shape index (κ1) is 12.3. The summed E-state index contributed by atoms with van der Waals surface area (Å²) in [6.07, 6.45) is 5.26. The fraction of sp³-hybridized carbons (Fsp3) is 1.00. The van der Waals surface area contributed by atoms with Gasteiger partial charge >= 0.3 is 0 Å². The van der Waals surface area contributed by atoms with Crippen LogP contribution in [0.1, 0.15) is 32.6 Å². The fourth-order valence-electron chi connectivity index (χ4n) is 0.687. The molecule has 0 amide bonds. The molecule has 0 nitrogen and oxygen atoms in total. The molecule has 0 unspecified atom stereocenters. The van der Waals surface area contributed by atoms with Crippen LogP contribution in [0.5, 0.6) is 0 Å². The van der Waals surface area contributed by atoms with E-state index in [1.54, 1.807) is 10.8 Å². The summed E-state index contributed by atoms with van der Waals surface area (Å²) in [5.74, 6) is 1.17. The highest BCUT2D eigenvalue weighted by atomic mass is 35.5. The summed E-state index contributed by atoms with van der Waals surface area (Å²) in [6.45, 7) is 2.22. The Bertz CT molecular complexity index is 78.8. The molecule has 4 heteroatoms. The third-order valence-electron chi connectivity index (χ3n) is 1.22. The molecule has 0 radical (unpaired) electrons. The van der Waals surface area contributed by atoms with Crippen molar-refractivity contribution >= 4 is 44.8 Å². The Morgan fingerprint density at radius 1 is 1.18 bits per heavy atom. The summed E-state index contributed by atoms with van der Waals surface area (Å²) in [5.41, 5.74) is 0. The molecule has 0 spiro atoms. The van der Waals surface area contributed by atoms with Gasteiger partial charge in [0.1, 0.15) is 0 Å². The van der Waals surface area contributed by atoms with Gasteiger partial charge in [-0.2, -0.15) is 0 Å². The lowest BCUT2D eigenvalue weighted by Crippen LogP contribution is -1.79. The minimum atomic E-state index is -0.272. The van der Waals surface area contributed by atoms with E-state index >= 15 is 0 Å². The smallest absolute Gasteiger partial charge is 0.0923 e. The predicted molar refractivity (Wildman–Crippen MR) is 59.7 cm³/mol. The highest BCUT2D eigenvalue weighted by Gasteiger charge is 1.98. The van der Waals surface area contributed by atoms with Crippen LogP contribution in [-0.2, 0) is 0 Å². The molecule has 11 heavy (non-hydrogen) atoms. The van der Waals surface area contributed by atoms with Crippen LogP contribution in [0.2, 0.25) is 0 Å². The van der Waals surface area contributed by atoms with Crippen LogP contribution in [0, 0.1) is 0 Å². The van der Waals surface area contributed by atoms with E-state index in [0.29, 0.717) is 0 Å². The van der Waals surface area contributed by atoms with Gasteiger partial charge in [0, 0.05) is 5.75 Å². The van der Waals surface area contributed by atoms with Crippen LogP contribution in [-0.4, -0.2) is 9.92 Å². The minimum Gasteiger partial charge on any atom is -0.0923 e. The molecule has 0 aliphatic rings. The molecular weight excluding hydrogens is 219 g/mol. The molecule has 0 heterocycles. The van der Waals surface area contributed by atoms with E-state index in [1.807, 2.05) is 0 Å². The van der Waals surface area contributed by atoms with Crippen molar-refractivity contribution in [1.29, 1.82) is 0 Å². The summed E-state index contributed by atoms with van der Waals surface area (Å²) in [4.78, 5) is 0. The third kappa shape index (κ3) is 11.3. The molecule has 68 valence electrons. The molecule has 0 aromatic heterocycles. The fourth-order valence-corrected chi connectivity index (χ4v) is 3.09. The van der Waals surface area contributed by atoms with E-state index in [0.717, 1.165) is 0 Å². The molecule has 0 rings (SSSR count). The Labute approximate surface area is 87.2 Å². The highest BCUT2D eigenvalue weighted by molar-refractivity contribution is 8.77. The molecule has 0 aliphatic carbocycles. The second-order valence-corrected chi connectivity index (χ2v) is 6.45. The number of hydrogen-bond donors (Lipinski definition) is 0. The van der Waals surface area contributed by atoms with Crippen LogP contribution in [0.4, 0.5) is 0 Å². The summed E-state index contributed by atoms with van der Waals surface area (Å²) in [6, 6.07) is 0. The van der Waals surface area contributed by atoms with Crippen molar-refractivity contribution in [3.05, 3.63) is 0 Å². The number of alkyl halides is 2. The first-order valence-electron chi connectivity index (χ1n) is 3.83. The normalized spacial score (nSPS) is 10.9. The van der Waals surface area contributed by atoms with E-state index in [4.69, 9.17) is 23.2 Å². The zero-order valence-electron chi connectivity index (χ0n) is 6.69. The molecule has 0 saturated carbocycles. The van der Waals surface area contributed by atoms with E-state index in [9.17, 15) is 0 Å². The van der Waals surface area contributed by atoms with Gasteiger partial charge in [0.05, 0.1) is 0 Å². The molecule has 0 aliphatic heterocycles. The second kappa shape index (κ2) is 9.37. The average Bonchev–Trinajstić information content (AvgIpc) is 1.96. The van der Waals surface area contributed by atoms with Gasteiger partial charge in [-0.1, -0.05) is 71.0 Å². The summed E-state index contributed by atoms with van der Waals surface area (Å²) in [7, 11) is 3.30. The van der Waals surface area contributed by atoms with E-state index in [2.05, 4.69) is 6.92 Å². The van der Waals surface area contributed by atoms with E-state index < -0.39 is 0 Å². The zero-order chi connectivity index (χ0) is 8.53. The van der Waals surface area contributed by atoms with Crippen molar-refractivity contribution in [3.63, 3.8) is 0 Å². The maximum atomic E-state index is 5.53. The topological polar surface area (TPSA) is 0 Å². The van der Waals surface area contributed by atoms with Crippen molar-refractivity contribution in [2.45, 2.75) is 36.8 Å². The van der Waals surface area contributed by atoms with Gasteiger partial charge in [0.2, 0.25) is 0 Å². The number of halogens is 2. The molecular formula is C7H14Cl2S2. The van der Waals surface area contributed by atoms with Gasteiger partial charge in [-0.05, 0) is 6.42 Å². The lowest BCUT2D eigenvalue weighted by Gasteiger charge is -1.99. The van der Waals surface area contributed by atoms with Crippen molar-refractivity contribution in [3.8, 4) is 0 Å². The van der Waals surface area contributed by atoms with Crippen molar-refractivity contribution in [2.75, 3.05) is 5.75 Å². The van der Waals surface area contributed by atoms with E-state index in [1.165, 1.54) is 42.2 Å². The number of unbranched alkanes of at least 4 members (excludes halogenated alkanes) is 3. The Morgan fingerprint density at radius 3 is 2.45 bits per heavy atom. The van der Waals surface area contributed by atoms with Crippen LogP contribution in [0.25, 0.3) is 0 Å². The number of hydrogen-bond acceptors (Lipinski definition) is 2. The lowest BCUT2D eigenvalue weighted by atomic mass is 10.2. The lowest BCUT2D eigenvalue weighted by molar-refractivity contribution is 0.707. The second-order valence-electron chi connectivity index (χ2n) is 2.24. The first-order chi connectivity index (χ1) is 5.27. The van der Waals surface area contributed by atoms with Crippen LogP contribution in [0.15, 0.2) is 0 Å². The largest absolute Gasteiger partial charge is 0.162 e. The van der Waals surface area contributed by atoms with Gasteiger partial charge in [0.15, 0.2) is 4.17 Å². The van der Waals surface area contributed by atoms with Gasteiger partial charge in [0.25, 0.3) is 0 Å². The molecule has 0 N–H and O–H groups in total. The van der Waals surface area contributed by atoms with E-state index in [-0.39, 0.29) is 4.17 Å². The van der Waals surface area contributed by atoms with Crippen LogP contribution < -0.4 is 0 Å². The number of rotatable bonds is 7. The molecule has 0 aromatic rings. The Hall–Kier alpha value is 1.28. The Morgan fingerprint density at radius 2 is 1.91 bits per heavy atom. The average molecular weight is 233 g/mol. The van der Waals surface area contributed by atoms with Gasteiger partial charge in [-0.3, -0.25) is 0 Å². The van der Waals surface area contributed by atoms with Crippen LogP contribution in [0.3, 0.4) is 0 Å².